The number of nitrogens with zero attached hydrogens (tertiary/aromatic N) is 1. The van der Waals surface area contributed by atoms with Gasteiger partial charge in [0.1, 0.15) is 12.4 Å². The summed E-state index contributed by atoms with van der Waals surface area (Å²) in [6.07, 6.45) is 1.74. The first-order valence-electron chi connectivity index (χ1n) is 6.43. The van der Waals surface area contributed by atoms with Gasteiger partial charge < -0.3 is 24.5 Å². The van der Waals surface area contributed by atoms with Crippen molar-refractivity contribution in [2.24, 2.45) is 0 Å². The van der Waals surface area contributed by atoms with E-state index in [1.807, 2.05) is 6.07 Å². The first-order chi connectivity index (χ1) is 9.16. The van der Waals surface area contributed by atoms with Gasteiger partial charge in [-0.2, -0.15) is 0 Å². The van der Waals surface area contributed by atoms with Gasteiger partial charge >= 0.3 is 0 Å². The summed E-state index contributed by atoms with van der Waals surface area (Å²) in [6, 6.07) is 3.43. The molecule has 1 aromatic rings. The van der Waals surface area contributed by atoms with Gasteiger partial charge in [0, 0.05) is 20.1 Å². The lowest BCUT2D eigenvalue weighted by atomic mass is 10.2. The van der Waals surface area contributed by atoms with Crippen LogP contribution in [0.15, 0.2) is 22.8 Å². The number of aliphatic hydroxyl groups excluding tert-OH is 1. The summed E-state index contributed by atoms with van der Waals surface area (Å²) in [5.74, 6) is 0.816. The van der Waals surface area contributed by atoms with Crippen LogP contribution in [-0.2, 0) is 16.1 Å². The molecule has 2 heterocycles. The second kappa shape index (κ2) is 6.70. The van der Waals surface area contributed by atoms with E-state index in [4.69, 9.17) is 9.15 Å². The summed E-state index contributed by atoms with van der Waals surface area (Å²) in [6.45, 7) is 1.67. The summed E-state index contributed by atoms with van der Waals surface area (Å²) in [5, 5.41) is 12.8. The van der Waals surface area contributed by atoms with Gasteiger partial charge in [-0.05, 0) is 18.6 Å². The van der Waals surface area contributed by atoms with E-state index < -0.39 is 6.10 Å². The Hall–Kier alpha value is -1.37. The summed E-state index contributed by atoms with van der Waals surface area (Å²) in [7, 11) is 1.78. The minimum atomic E-state index is -0.631. The number of likely N-dealkylation sites (N-methyl/N-ethyl adjacent to an activating group) is 1. The maximum atomic E-state index is 11.6. The minimum Gasteiger partial charge on any atom is -0.467 e. The molecule has 1 aromatic heterocycles. The molecule has 0 saturated carbocycles. The van der Waals surface area contributed by atoms with Crippen LogP contribution >= 0.6 is 0 Å². The zero-order valence-electron chi connectivity index (χ0n) is 11.0. The van der Waals surface area contributed by atoms with Crippen LogP contribution in [-0.4, -0.2) is 54.8 Å². The Labute approximate surface area is 112 Å². The quantitative estimate of drug-likeness (QED) is 0.727. The van der Waals surface area contributed by atoms with Crippen LogP contribution in [0.4, 0.5) is 0 Å². The summed E-state index contributed by atoms with van der Waals surface area (Å²) >= 11 is 0. The third-order valence-corrected chi connectivity index (χ3v) is 3.16. The second-order valence-electron chi connectivity index (χ2n) is 4.76. The van der Waals surface area contributed by atoms with Crippen molar-refractivity contribution >= 4 is 5.91 Å². The highest BCUT2D eigenvalue weighted by atomic mass is 16.5. The van der Waals surface area contributed by atoms with Gasteiger partial charge in [0.15, 0.2) is 0 Å². The van der Waals surface area contributed by atoms with Crippen LogP contribution in [0.2, 0.25) is 0 Å². The van der Waals surface area contributed by atoms with Crippen molar-refractivity contribution in [2.75, 3.05) is 26.7 Å². The van der Waals surface area contributed by atoms with E-state index in [1.54, 1.807) is 24.3 Å². The monoisotopic (exact) mass is 268 g/mol. The number of furan rings is 1. The Morgan fingerprint density at radius 2 is 2.53 bits per heavy atom. The van der Waals surface area contributed by atoms with Crippen LogP contribution in [0.25, 0.3) is 0 Å². The van der Waals surface area contributed by atoms with E-state index in [-0.39, 0.29) is 18.6 Å². The third kappa shape index (κ3) is 4.05. The molecule has 2 rings (SSSR count). The van der Waals surface area contributed by atoms with Gasteiger partial charge in [0.25, 0.3) is 0 Å². The molecule has 2 N–H and O–H groups in total. The van der Waals surface area contributed by atoms with Crippen LogP contribution < -0.4 is 5.32 Å². The van der Waals surface area contributed by atoms with Crippen molar-refractivity contribution in [3.63, 3.8) is 0 Å². The molecule has 106 valence electrons. The highest BCUT2D eigenvalue weighted by Crippen LogP contribution is 2.08. The largest absolute Gasteiger partial charge is 0.467 e. The number of hydrogen-bond acceptors (Lipinski definition) is 5. The molecule has 6 nitrogen and oxygen atoms in total. The Morgan fingerprint density at radius 1 is 1.68 bits per heavy atom. The van der Waals surface area contributed by atoms with Gasteiger partial charge in [-0.25, -0.2) is 0 Å². The molecule has 0 radical (unpaired) electrons. The Kier molecular flexibility index (Phi) is 4.95. The molecule has 1 fully saturated rings. The normalized spacial score (nSPS) is 21.1. The number of carbonyl (C=O) groups is 1. The second-order valence-corrected chi connectivity index (χ2v) is 4.76. The van der Waals surface area contributed by atoms with Crippen LogP contribution in [0.5, 0.6) is 0 Å². The summed E-state index contributed by atoms with van der Waals surface area (Å²) < 4.78 is 10.4. The maximum absolute atomic E-state index is 11.6. The first-order valence-corrected chi connectivity index (χ1v) is 6.43. The fourth-order valence-corrected chi connectivity index (χ4v) is 2.04. The number of hydrogen-bond donors (Lipinski definition) is 2. The fourth-order valence-electron chi connectivity index (χ4n) is 2.04. The van der Waals surface area contributed by atoms with Crippen molar-refractivity contribution in [3.05, 3.63) is 24.2 Å². The molecule has 2 atom stereocenters. The molecule has 0 bridgehead atoms. The van der Waals surface area contributed by atoms with Crippen LogP contribution in [0.3, 0.4) is 0 Å². The van der Waals surface area contributed by atoms with Gasteiger partial charge in [0.05, 0.1) is 25.0 Å². The minimum absolute atomic E-state index is 0.0868. The maximum Gasteiger partial charge on any atom is 0.239 e. The van der Waals surface area contributed by atoms with E-state index in [0.717, 1.165) is 18.7 Å². The molecule has 19 heavy (non-hydrogen) atoms. The van der Waals surface area contributed by atoms with Gasteiger partial charge in [0.2, 0.25) is 5.91 Å². The van der Waals surface area contributed by atoms with E-state index in [0.29, 0.717) is 13.2 Å². The zero-order valence-corrected chi connectivity index (χ0v) is 11.0. The number of rotatable bonds is 7. The molecule has 1 aliphatic heterocycles. The van der Waals surface area contributed by atoms with E-state index in [9.17, 15) is 9.90 Å². The van der Waals surface area contributed by atoms with Crippen LogP contribution in [0.1, 0.15) is 12.2 Å². The average molecular weight is 268 g/mol. The van der Waals surface area contributed by atoms with Crippen molar-refractivity contribution in [3.8, 4) is 0 Å². The van der Waals surface area contributed by atoms with E-state index in [1.165, 1.54) is 0 Å². The smallest absolute Gasteiger partial charge is 0.239 e. The lowest BCUT2D eigenvalue weighted by molar-refractivity contribution is -0.128. The SMILES string of the molecule is CN1CCC(NCC(O)COCc2ccco2)C1=O. The highest BCUT2D eigenvalue weighted by Gasteiger charge is 2.28. The number of likely N-dealkylation sites (tertiary alicyclic amines) is 1. The molecule has 2 unspecified atom stereocenters. The molecule has 0 aromatic carbocycles. The van der Waals surface area contributed by atoms with E-state index in [2.05, 4.69) is 5.32 Å². The molecule has 0 spiro atoms. The predicted molar refractivity (Wildman–Crippen MR) is 68.4 cm³/mol. The lowest BCUT2D eigenvalue weighted by Gasteiger charge is -2.15. The standard InChI is InChI=1S/C13H20N2O4/c1-15-5-4-12(13(15)17)14-7-10(16)8-18-9-11-3-2-6-19-11/h2-3,6,10,12,14,16H,4-5,7-9H2,1H3. The number of nitrogens with one attached hydrogen (secondary N) is 1. The first kappa shape index (κ1) is 14.0. The van der Waals surface area contributed by atoms with Crippen molar-refractivity contribution < 1.29 is 19.1 Å². The van der Waals surface area contributed by atoms with Gasteiger partial charge in [-0.1, -0.05) is 0 Å². The molecule has 0 aliphatic carbocycles. The number of amides is 1. The summed E-state index contributed by atoms with van der Waals surface area (Å²) in [4.78, 5) is 13.3. The molecular weight excluding hydrogens is 248 g/mol. The molecular formula is C13H20N2O4. The van der Waals surface area contributed by atoms with E-state index >= 15 is 0 Å². The molecule has 6 heteroatoms. The van der Waals surface area contributed by atoms with Gasteiger partial charge in [-0.15, -0.1) is 0 Å². The fraction of sp³-hybridized carbons (Fsp3) is 0.615. The predicted octanol–water partition coefficient (Wildman–Crippen LogP) is -0.0226. The lowest BCUT2D eigenvalue weighted by Crippen LogP contribution is -2.41. The zero-order chi connectivity index (χ0) is 13.7. The van der Waals surface area contributed by atoms with Crippen molar-refractivity contribution in [2.45, 2.75) is 25.2 Å². The molecule has 1 aliphatic rings. The number of carbonyl (C=O) groups excluding carboxylic acids is 1. The number of aliphatic hydroxyl groups is 1. The van der Waals surface area contributed by atoms with Crippen molar-refractivity contribution in [1.82, 2.24) is 10.2 Å². The highest BCUT2D eigenvalue weighted by molar-refractivity contribution is 5.83. The van der Waals surface area contributed by atoms with Crippen molar-refractivity contribution in [1.29, 1.82) is 0 Å². The third-order valence-electron chi connectivity index (χ3n) is 3.16. The van der Waals surface area contributed by atoms with Gasteiger partial charge in [-0.3, -0.25) is 4.79 Å². The Morgan fingerprint density at radius 3 is 3.16 bits per heavy atom. The summed E-state index contributed by atoms with van der Waals surface area (Å²) in [5.41, 5.74) is 0. The molecule has 1 saturated heterocycles. The topological polar surface area (TPSA) is 74.9 Å². The Balaban J connectivity index is 1.59. The average Bonchev–Trinajstić information content (AvgIpc) is 3.00. The number of ether oxygens (including phenoxy) is 1. The Bertz CT molecular complexity index is 393. The van der Waals surface area contributed by atoms with Crippen LogP contribution in [0, 0.1) is 0 Å². The molecule has 1 amide bonds.